The molecule has 0 fully saturated rings. The molecule has 4 heteroatoms. The quantitative estimate of drug-likeness (QED) is 0.828. The van der Waals surface area contributed by atoms with Crippen molar-refractivity contribution in [3.63, 3.8) is 0 Å². The number of halogens is 1. The Hall–Kier alpha value is -1.06. The first-order chi connectivity index (χ1) is 7.18. The second-order valence-corrected chi connectivity index (χ2v) is 3.78. The van der Waals surface area contributed by atoms with Crippen LogP contribution in [0.3, 0.4) is 0 Å². The zero-order valence-corrected chi connectivity index (χ0v) is 10.3. The molecule has 1 aromatic rings. The van der Waals surface area contributed by atoms with Gasteiger partial charge in [0.15, 0.2) is 0 Å². The summed E-state index contributed by atoms with van der Waals surface area (Å²) in [6.07, 6.45) is 1.24. The highest BCUT2D eigenvalue weighted by atomic mass is 35.5. The summed E-state index contributed by atoms with van der Waals surface area (Å²) in [7, 11) is 0. The fourth-order valence-electron chi connectivity index (χ4n) is 1.24. The summed E-state index contributed by atoms with van der Waals surface area (Å²) >= 11 is 0. The normalized spacial score (nSPS) is 11.4. The van der Waals surface area contributed by atoms with Gasteiger partial charge in [-0.05, 0) is 18.9 Å². The first kappa shape index (κ1) is 14.9. The molecular weight excluding hydrogens is 224 g/mol. The molecule has 3 nitrogen and oxygen atoms in total. The van der Waals surface area contributed by atoms with E-state index in [1.807, 2.05) is 37.3 Å². The van der Waals surface area contributed by atoms with Gasteiger partial charge in [0.1, 0.15) is 0 Å². The minimum Gasteiger partial charge on any atom is -0.352 e. The SMILES string of the molecule is CC(N)CCC(=O)NCc1ccccc1.Cl. The number of rotatable bonds is 5. The number of hydrogen-bond acceptors (Lipinski definition) is 2. The Morgan fingerprint density at radius 1 is 1.38 bits per heavy atom. The van der Waals surface area contributed by atoms with Crippen molar-refractivity contribution in [2.75, 3.05) is 0 Å². The average Bonchev–Trinajstić information content (AvgIpc) is 2.25. The summed E-state index contributed by atoms with van der Waals surface area (Å²) in [5, 5.41) is 2.86. The first-order valence-electron chi connectivity index (χ1n) is 5.24. The van der Waals surface area contributed by atoms with Crippen molar-refractivity contribution in [2.24, 2.45) is 5.73 Å². The van der Waals surface area contributed by atoms with Crippen molar-refractivity contribution in [1.82, 2.24) is 5.32 Å². The molecule has 0 aliphatic carbocycles. The molecular formula is C12H19ClN2O. The molecule has 0 aromatic heterocycles. The molecule has 0 bridgehead atoms. The molecule has 0 heterocycles. The number of amides is 1. The minimum atomic E-state index is 0. The number of nitrogens with one attached hydrogen (secondary N) is 1. The summed E-state index contributed by atoms with van der Waals surface area (Å²) in [5.74, 6) is 0.0659. The number of benzene rings is 1. The molecule has 1 unspecified atom stereocenters. The Morgan fingerprint density at radius 3 is 2.56 bits per heavy atom. The van der Waals surface area contributed by atoms with Gasteiger partial charge < -0.3 is 11.1 Å². The van der Waals surface area contributed by atoms with Crippen molar-refractivity contribution in [1.29, 1.82) is 0 Å². The van der Waals surface area contributed by atoms with E-state index >= 15 is 0 Å². The van der Waals surface area contributed by atoms with Gasteiger partial charge in [-0.25, -0.2) is 0 Å². The van der Waals surface area contributed by atoms with E-state index < -0.39 is 0 Å². The van der Waals surface area contributed by atoms with Gasteiger partial charge in [-0.2, -0.15) is 0 Å². The topological polar surface area (TPSA) is 55.1 Å². The predicted molar refractivity (Wildman–Crippen MR) is 68.4 cm³/mol. The van der Waals surface area contributed by atoms with E-state index in [1.165, 1.54) is 0 Å². The first-order valence-corrected chi connectivity index (χ1v) is 5.24. The smallest absolute Gasteiger partial charge is 0.220 e. The van der Waals surface area contributed by atoms with Crippen molar-refractivity contribution >= 4 is 18.3 Å². The van der Waals surface area contributed by atoms with E-state index in [2.05, 4.69) is 5.32 Å². The van der Waals surface area contributed by atoms with Crippen molar-refractivity contribution in [3.05, 3.63) is 35.9 Å². The highest BCUT2D eigenvalue weighted by molar-refractivity contribution is 5.85. The molecule has 0 spiro atoms. The summed E-state index contributed by atoms with van der Waals surface area (Å²) in [6, 6.07) is 9.96. The summed E-state index contributed by atoms with van der Waals surface area (Å²) in [5.41, 5.74) is 6.69. The van der Waals surface area contributed by atoms with Gasteiger partial charge in [0, 0.05) is 19.0 Å². The van der Waals surface area contributed by atoms with E-state index in [9.17, 15) is 4.79 Å². The van der Waals surface area contributed by atoms with Crippen molar-refractivity contribution in [3.8, 4) is 0 Å². The zero-order valence-electron chi connectivity index (χ0n) is 9.48. The number of nitrogens with two attached hydrogens (primary N) is 1. The molecule has 0 aliphatic heterocycles. The Labute approximate surface area is 103 Å². The molecule has 1 rings (SSSR count). The number of carbonyl (C=O) groups excluding carboxylic acids is 1. The van der Waals surface area contributed by atoms with Gasteiger partial charge >= 0.3 is 0 Å². The maximum absolute atomic E-state index is 11.4. The van der Waals surface area contributed by atoms with Crippen LogP contribution in [0, 0.1) is 0 Å². The largest absolute Gasteiger partial charge is 0.352 e. The molecule has 0 saturated heterocycles. The summed E-state index contributed by atoms with van der Waals surface area (Å²) < 4.78 is 0. The maximum Gasteiger partial charge on any atom is 0.220 e. The van der Waals surface area contributed by atoms with Gasteiger partial charge in [0.05, 0.1) is 0 Å². The lowest BCUT2D eigenvalue weighted by Gasteiger charge is -2.06. The number of hydrogen-bond donors (Lipinski definition) is 2. The average molecular weight is 243 g/mol. The van der Waals surface area contributed by atoms with Crippen LogP contribution in [-0.4, -0.2) is 11.9 Å². The zero-order chi connectivity index (χ0) is 11.1. The highest BCUT2D eigenvalue weighted by Crippen LogP contribution is 1.98. The Balaban J connectivity index is 0.00000225. The number of carbonyl (C=O) groups is 1. The van der Waals surface area contributed by atoms with E-state index in [0.29, 0.717) is 13.0 Å². The molecule has 1 atom stereocenters. The van der Waals surface area contributed by atoms with Gasteiger partial charge in [0.2, 0.25) is 5.91 Å². The fourth-order valence-corrected chi connectivity index (χ4v) is 1.24. The van der Waals surface area contributed by atoms with Gasteiger partial charge in [-0.3, -0.25) is 4.79 Å². The third-order valence-electron chi connectivity index (χ3n) is 2.16. The van der Waals surface area contributed by atoms with E-state index in [4.69, 9.17) is 5.73 Å². The molecule has 1 amide bonds. The summed E-state index contributed by atoms with van der Waals surface area (Å²) in [6.45, 7) is 2.50. The molecule has 1 aromatic carbocycles. The lowest BCUT2D eigenvalue weighted by Crippen LogP contribution is -2.25. The van der Waals surface area contributed by atoms with E-state index in [1.54, 1.807) is 0 Å². The predicted octanol–water partition coefficient (Wildman–Crippen LogP) is 1.85. The van der Waals surface area contributed by atoms with Crippen LogP contribution in [0.5, 0.6) is 0 Å². The molecule has 0 saturated carbocycles. The third-order valence-corrected chi connectivity index (χ3v) is 2.16. The van der Waals surface area contributed by atoms with Crippen molar-refractivity contribution in [2.45, 2.75) is 32.4 Å². The standard InChI is InChI=1S/C12H18N2O.ClH/c1-10(13)7-8-12(15)14-9-11-5-3-2-4-6-11;/h2-6,10H,7-9,13H2,1H3,(H,14,15);1H. The van der Waals surface area contributed by atoms with Crippen LogP contribution < -0.4 is 11.1 Å². The Kier molecular flexibility index (Phi) is 7.60. The molecule has 0 aliphatic rings. The molecule has 16 heavy (non-hydrogen) atoms. The van der Waals surface area contributed by atoms with E-state index in [0.717, 1.165) is 12.0 Å². The Bertz CT molecular complexity index is 301. The maximum atomic E-state index is 11.4. The highest BCUT2D eigenvalue weighted by Gasteiger charge is 2.02. The van der Waals surface area contributed by atoms with Crippen molar-refractivity contribution < 1.29 is 4.79 Å². The van der Waals surface area contributed by atoms with Crippen LogP contribution in [0.4, 0.5) is 0 Å². The van der Waals surface area contributed by atoms with Crippen LogP contribution in [0.2, 0.25) is 0 Å². The Morgan fingerprint density at radius 2 is 2.00 bits per heavy atom. The molecule has 0 radical (unpaired) electrons. The minimum absolute atomic E-state index is 0. The van der Waals surface area contributed by atoms with Gasteiger partial charge in [-0.15, -0.1) is 12.4 Å². The van der Waals surface area contributed by atoms with Crippen LogP contribution in [0.1, 0.15) is 25.3 Å². The monoisotopic (exact) mass is 242 g/mol. The third kappa shape index (κ3) is 6.43. The fraction of sp³-hybridized carbons (Fsp3) is 0.417. The van der Waals surface area contributed by atoms with E-state index in [-0.39, 0.29) is 24.4 Å². The molecule has 3 N–H and O–H groups in total. The van der Waals surface area contributed by atoms with Crippen LogP contribution in [0.15, 0.2) is 30.3 Å². The summed E-state index contributed by atoms with van der Waals surface area (Å²) in [4.78, 5) is 11.4. The lowest BCUT2D eigenvalue weighted by atomic mass is 10.2. The second-order valence-electron chi connectivity index (χ2n) is 3.78. The molecule has 90 valence electrons. The second kappa shape index (κ2) is 8.13. The lowest BCUT2D eigenvalue weighted by molar-refractivity contribution is -0.121. The van der Waals surface area contributed by atoms with Crippen LogP contribution in [0.25, 0.3) is 0 Å². The van der Waals surface area contributed by atoms with Crippen LogP contribution >= 0.6 is 12.4 Å². The van der Waals surface area contributed by atoms with Gasteiger partial charge in [0.25, 0.3) is 0 Å². The van der Waals surface area contributed by atoms with Crippen LogP contribution in [-0.2, 0) is 11.3 Å². The van der Waals surface area contributed by atoms with Gasteiger partial charge in [-0.1, -0.05) is 30.3 Å².